The van der Waals surface area contributed by atoms with Crippen LogP contribution in [-0.4, -0.2) is 19.7 Å². The normalized spacial score (nSPS) is 10.9. The summed E-state index contributed by atoms with van der Waals surface area (Å²) >= 11 is 2.20. The van der Waals surface area contributed by atoms with E-state index in [-0.39, 0.29) is 5.92 Å². The van der Waals surface area contributed by atoms with Crippen LogP contribution in [0.1, 0.15) is 25.6 Å². The Kier molecular flexibility index (Phi) is 3.57. The summed E-state index contributed by atoms with van der Waals surface area (Å²) in [4.78, 5) is 8.75. The van der Waals surface area contributed by atoms with Crippen molar-refractivity contribution < 1.29 is 0 Å². The first kappa shape index (κ1) is 12.2. The number of hydrazine groups is 1. The number of hydrogen-bond acceptors (Lipinski definition) is 5. The maximum atomic E-state index is 5.40. The van der Waals surface area contributed by atoms with Crippen LogP contribution in [-0.2, 0) is 0 Å². The molecule has 0 atom stereocenters. The Balaban J connectivity index is 2.49. The molecule has 0 aromatic carbocycles. The van der Waals surface area contributed by atoms with Crippen molar-refractivity contribution in [3.8, 4) is 5.82 Å². The van der Waals surface area contributed by atoms with Gasteiger partial charge in [-0.15, -0.1) is 0 Å². The van der Waals surface area contributed by atoms with E-state index in [4.69, 9.17) is 5.84 Å². The fourth-order valence-electron chi connectivity index (χ4n) is 1.33. The molecule has 0 aliphatic rings. The van der Waals surface area contributed by atoms with Gasteiger partial charge in [0, 0.05) is 18.2 Å². The van der Waals surface area contributed by atoms with Gasteiger partial charge in [-0.3, -0.25) is 0 Å². The predicted molar refractivity (Wildman–Crippen MR) is 73.8 cm³/mol. The zero-order valence-electron chi connectivity index (χ0n) is 9.55. The van der Waals surface area contributed by atoms with Crippen molar-refractivity contribution >= 4 is 28.4 Å². The van der Waals surface area contributed by atoms with Crippen molar-refractivity contribution in [1.29, 1.82) is 0 Å². The van der Waals surface area contributed by atoms with Crippen molar-refractivity contribution in [3.63, 3.8) is 0 Å². The molecule has 17 heavy (non-hydrogen) atoms. The maximum Gasteiger partial charge on any atom is 0.159 e. The standard InChI is InChI=1S/C10H13IN6/c1-6(2)10-14-8(16-12)3-9(15-10)17-5-7(11)4-13-17/h3-6H,12H2,1-2H3,(H,14,15,16). The van der Waals surface area contributed by atoms with Gasteiger partial charge in [-0.05, 0) is 22.6 Å². The molecule has 0 saturated carbocycles. The van der Waals surface area contributed by atoms with Crippen molar-refractivity contribution in [2.45, 2.75) is 19.8 Å². The van der Waals surface area contributed by atoms with E-state index in [1.54, 1.807) is 16.9 Å². The summed E-state index contributed by atoms with van der Waals surface area (Å²) in [6.45, 7) is 4.07. The van der Waals surface area contributed by atoms with Gasteiger partial charge in [0.2, 0.25) is 0 Å². The maximum absolute atomic E-state index is 5.40. The summed E-state index contributed by atoms with van der Waals surface area (Å²) in [5.74, 6) is 7.66. The lowest BCUT2D eigenvalue weighted by molar-refractivity contribution is 0.746. The number of rotatable bonds is 3. The van der Waals surface area contributed by atoms with E-state index in [0.717, 1.165) is 9.39 Å². The van der Waals surface area contributed by atoms with Crippen molar-refractivity contribution in [2.24, 2.45) is 5.84 Å². The Morgan fingerprint density at radius 2 is 2.18 bits per heavy atom. The van der Waals surface area contributed by atoms with E-state index in [1.807, 2.05) is 20.0 Å². The first-order valence-corrected chi connectivity index (χ1v) is 6.24. The molecule has 0 saturated heterocycles. The molecule has 0 aliphatic carbocycles. The SMILES string of the molecule is CC(C)c1nc(NN)cc(-n2cc(I)cn2)n1. The molecular formula is C10H13IN6. The summed E-state index contributed by atoms with van der Waals surface area (Å²) in [5, 5.41) is 4.21. The van der Waals surface area contributed by atoms with Crippen LogP contribution in [0.5, 0.6) is 0 Å². The molecular weight excluding hydrogens is 331 g/mol. The lowest BCUT2D eigenvalue weighted by atomic mass is 10.2. The highest BCUT2D eigenvalue weighted by atomic mass is 127. The number of aromatic nitrogens is 4. The smallest absolute Gasteiger partial charge is 0.159 e. The molecule has 90 valence electrons. The molecule has 0 bridgehead atoms. The Hall–Kier alpha value is -1.22. The highest BCUT2D eigenvalue weighted by molar-refractivity contribution is 14.1. The Bertz CT molecular complexity index is 521. The largest absolute Gasteiger partial charge is 0.308 e. The van der Waals surface area contributed by atoms with Crippen LogP contribution in [0, 0.1) is 3.57 Å². The van der Waals surface area contributed by atoms with Crippen LogP contribution < -0.4 is 11.3 Å². The molecule has 3 N–H and O–H groups in total. The van der Waals surface area contributed by atoms with Crippen LogP contribution in [0.2, 0.25) is 0 Å². The van der Waals surface area contributed by atoms with Crippen LogP contribution in [0.3, 0.4) is 0 Å². The van der Waals surface area contributed by atoms with Crippen molar-refractivity contribution in [1.82, 2.24) is 19.7 Å². The first-order chi connectivity index (χ1) is 8.10. The fraction of sp³-hybridized carbons (Fsp3) is 0.300. The monoisotopic (exact) mass is 344 g/mol. The summed E-state index contributed by atoms with van der Waals surface area (Å²) in [7, 11) is 0. The molecule has 2 aromatic rings. The second kappa shape index (κ2) is 4.96. The minimum absolute atomic E-state index is 0.233. The van der Waals surface area contributed by atoms with Gasteiger partial charge in [-0.25, -0.2) is 20.5 Å². The van der Waals surface area contributed by atoms with E-state index in [0.29, 0.717) is 11.6 Å². The molecule has 0 unspecified atom stereocenters. The zero-order valence-corrected chi connectivity index (χ0v) is 11.7. The molecule has 2 heterocycles. The zero-order chi connectivity index (χ0) is 12.4. The quantitative estimate of drug-likeness (QED) is 0.503. The molecule has 7 heteroatoms. The van der Waals surface area contributed by atoms with Crippen LogP contribution in [0.15, 0.2) is 18.5 Å². The molecule has 0 aliphatic heterocycles. The molecule has 2 aromatic heterocycles. The van der Waals surface area contributed by atoms with Crippen molar-refractivity contribution in [3.05, 3.63) is 27.9 Å². The average molecular weight is 344 g/mol. The third-order valence-corrected chi connectivity index (χ3v) is 2.74. The Labute approximate surface area is 113 Å². The number of nitrogens with two attached hydrogens (primary N) is 1. The summed E-state index contributed by atoms with van der Waals surface area (Å²) in [5.41, 5.74) is 2.55. The number of halogens is 1. The topological polar surface area (TPSA) is 81.6 Å². The van der Waals surface area contributed by atoms with E-state index in [2.05, 4.69) is 43.1 Å². The van der Waals surface area contributed by atoms with E-state index >= 15 is 0 Å². The molecule has 0 spiro atoms. The van der Waals surface area contributed by atoms with E-state index in [9.17, 15) is 0 Å². The number of nitrogens with one attached hydrogen (secondary N) is 1. The second-order valence-electron chi connectivity index (χ2n) is 3.87. The summed E-state index contributed by atoms with van der Waals surface area (Å²) in [6.07, 6.45) is 3.67. The van der Waals surface area contributed by atoms with Gasteiger partial charge >= 0.3 is 0 Å². The predicted octanol–water partition coefficient (Wildman–Crippen LogP) is 1.68. The third-order valence-electron chi connectivity index (χ3n) is 2.18. The van der Waals surface area contributed by atoms with Gasteiger partial charge in [0.25, 0.3) is 0 Å². The summed E-state index contributed by atoms with van der Waals surface area (Å²) < 4.78 is 2.76. The number of nitrogens with zero attached hydrogens (tertiary/aromatic N) is 4. The number of nitrogen functional groups attached to an aromatic ring is 1. The van der Waals surface area contributed by atoms with Crippen LogP contribution in [0.25, 0.3) is 5.82 Å². The van der Waals surface area contributed by atoms with Gasteiger partial charge in [0.05, 0.1) is 9.77 Å². The minimum Gasteiger partial charge on any atom is -0.308 e. The number of anilines is 1. The second-order valence-corrected chi connectivity index (χ2v) is 5.12. The van der Waals surface area contributed by atoms with Gasteiger partial charge < -0.3 is 5.43 Å². The molecule has 2 rings (SSSR count). The number of hydrogen-bond donors (Lipinski definition) is 2. The fourth-order valence-corrected chi connectivity index (χ4v) is 1.72. The van der Waals surface area contributed by atoms with E-state index in [1.165, 1.54) is 0 Å². The molecule has 0 fully saturated rings. The highest BCUT2D eigenvalue weighted by Crippen LogP contribution is 2.16. The van der Waals surface area contributed by atoms with Gasteiger partial charge in [0.15, 0.2) is 5.82 Å². The highest BCUT2D eigenvalue weighted by Gasteiger charge is 2.09. The van der Waals surface area contributed by atoms with Gasteiger partial charge in [0.1, 0.15) is 11.6 Å². The molecule has 0 amide bonds. The van der Waals surface area contributed by atoms with Crippen LogP contribution >= 0.6 is 22.6 Å². The Morgan fingerprint density at radius 1 is 1.41 bits per heavy atom. The minimum atomic E-state index is 0.233. The lowest BCUT2D eigenvalue weighted by Crippen LogP contribution is -2.13. The Morgan fingerprint density at radius 3 is 2.71 bits per heavy atom. The van der Waals surface area contributed by atoms with Crippen molar-refractivity contribution in [2.75, 3.05) is 5.43 Å². The van der Waals surface area contributed by atoms with Crippen LogP contribution in [0.4, 0.5) is 5.82 Å². The average Bonchev–Trinajstić information content (AvgIpc) is 2.75. The summed E-state index contributed by atoms with van der Waals surface area (Å²) in [6, 6.07) is 1.76. The first-order valence-electron chi connectivity index (χ1n) is 5.16. The van der Waals surface area contributed by atoms with Gasteiger partial charge in [-0.2, -0.15) is 5.10 Å². The van der Waals surface area contributed by atoms with E-state index < -0.39 is 0 Å². The third kappa shape index (κ3) is 2.72. The molecule has 6 nitrogen and oxygen atoms in total. The molecule has 0 radical (unpaired) electrons. The van der Waals surface area contributed by atoms with Gasteiger partial charge in [-0.1, -0.05) is 13.8 Å². The lowest BCUT2D eigenvalue weighted by Gasteiger charge is -2.09.